The Labute approximate surface area is 360 Å². The van der Waals surface area contributed by atoms with Crippen LogP contribution in [0, 0.1) is 0 Å². The van der Waals surface area contributed by atoms with E-state index >= 15 is 0 Å². The van der Waals surface area contributed by atoms with Crippen molar-refractivity contribution in [2.75, 3.05) is 6.61 Å². The molecule has 340 valence electrons. The third-order valence-electron chi connectivity index (χ3n) is 9.34. The molecule has 0 saturated carbocycles. The number of aliphatic hydroxyl groups excluding tert-OH is 1. The highest BCUT2D eigenvalue weighted by atomic mass is 16.4. The van der Waals surface area contributed by atoms with Gasteiger partial charge in [0.1, 0.15) is 42.0 Å². The number of aliphatic carboxylic acids is 2. The van der Waals surface area contributed by atoms with Gasteiger partial charge in [0.25, 0.3) is 0 Å². The van der Waals surface area contributed by atoms with Crippen molar-refractivity contribution in [2.24, 2.45) is 11.5 Å². The molecule has 0 fully saturated rings. The van der Waals surface area contributed by atoms with Crippen LogP contribution in [0.4, 0.5) is 0 Å². The second-order valence-corrected chi connectivity index (χ2v) is 14.5. The molecule has 0 bridgehead atoms. The molecule has 0 aliphatic heterocycles. The Morgan fingerprint density at radius 3 is 1.57 bits per heavy atom. The summed E-state index contributed by atoms with van der Waals surface area (Å²) in [5.41, 5.74) is 12.3. The number of carbonyl (C=O) groups is 9. The van der Waals surface area contributed by atoms with Crippen LogP contribution in [0.15, 0.2) is 67.1 Å². The maximum absolute atomic E-state index is 14.2. The molecule has 3 aromatic rings. The molecule has 7 atom stereocenters. The van der Waals surface area contributed by atoms with Crippen molar-refractivity contribution in [3.63, 3.8) is 0 Å². The number of nitrogens with zero attached hydrogens (tertiary/aromatic N) is 1. The molecule has 1 aromatic heterocycles. The van der Waals surface area contributed by atoms with Crippen LogP contribution in [0.1, 0.15) is 49.4 Å². The number of hydrogen-bond donors (Lipinski definition) is 13. The molecule has 23 heteroatoms. The van der Waals surface area contributed by atoms with Crippen LogP contribution < -0.4 is 43.4 Å². The quantitative estimate of drug-likeness (QED) is 0.0374. The molecule has 0 saturated heterocycles. The zero-order chi connectivity index (χ0) is 46.6. The average molecular weight is 881 g/mol. The number of primary amides is 1. The number of aromatic hydroxyl groups is 1. The molecular weight excluding hydrogens is 828 g/mol. The van der Waals surface area contributed by atoms with Crippen LogP contribution in [0.3, 0.4) is 0 Å². The van der Waals surface area contributed by atoms with Gasteiger partial charge >= 0.3 is 11.9 Å². The van der Waals surface area contributed by atoms with Gasteiger partial charge in [-0.15, -0.1) is 0 Å². The molecule has 0 radical (unpaired) electrons. The van der Waals surface area contributed by atoms with E-state index in [1.807, 2.05) is 0 Å². The molecular formula is C40H52N10O13. The minimum atomic E-state index is -1.82. The SMILES string of the molecule is C[C@H](N)C(=O)N[C@@H](Cc1ccccc1)C(=O)N[C@@H](Cc1cnc[nH]1)C(=O)N[C@@H](Cc1ccc(O)cc1)C(=O)N[C@@H](CCC(=O)O)C(=O)N[C@@H](CO)C(=O)N[C@@H](CCC(N)=O)C(=O)O. The summed E-state index contributed by atoms with van der Waals surface area (Å²) in [6, 6.07) is 3.76. The number of aromatic amines is 1. The number of nitrogens with one attached hydrogen (secondary N) is 7. The number of rotatable bonds is 26. The number of hydrogen-bond acceptors (Lipinski definition) is 13. The van der Waals surface area contributed by atoms with E-state index in [0.29, 0.717) is 16.8 Å². The van der Waals surface area contributed by atoms with Crippen LogP contribution in [0.2, 0.25) is 0 Å². The van der Waals surface area contributed by atoms with Crippen molar-refractivity contribution in [2.45, 2.75) is 94.2 Å². The van der Waals surface area contributed by atoms with Crippen molar-refractivity contribution < 1.29 is 63.6 Å². The molecule has 15 N–H and O–H groups in total. The van der Waals surface area contributed by atoms with Crippen LogP contribution in [0.5, 0.6) is 5.75 Å². The lowest BCUT2D eigenvalue weighted by atomic mass is 10.0. The van der Waals surface area contributed by atoms with Gasteiger partial charge in [-0.1, -0.05) is 42.5 Å². The zero-order valence-electron chi connectivity index (χ0n) is 34.1. The first-order valence-corrected chi connectivity index (χ1v) is 19.6. The lowest BCUT2D eigenvalue weighted by Crippen LogP contribution is -2.61. The summed E-state index contributed by atoms with van der Waals surface area (Å²) in [6.45, 7) is 0.342. The minimum Gasteiger partial charge on any atom is -0.508 e. The summed E-state index contributed by atoms with van der Waals surface area (Å²) in [7, 11) is 0. The van der Waals surface area contributed by atoms with Crippen molar-refractivity contribution in [3.05, 3.63) is 83.9 Å². The van der Waals surface area contributed by atoms with Crippen molar-refractivity contribution in [1.82, 2.24) is 41.9 Å². The molecule has 2 aromatic carbocycles. The molecule has 0 unspecified atom stereocenters. The highest BCUT2D eigenvalue weighted by molar-refractivity contribution is 5.97. The Balaban J connectivity index is 1.93. The number of aromatic nitrogens is 2. The number of H-pyrrole nitrogens is 1. The van der Waals surface area contributed by atoms with Gasteiger partial charge in [0.15, 0.2) is 0 Å². The van der Waals surface area contributed by atoms with Gasteiger partial charge in [-0.25, -0.2) is 9.78 Å². The van der Waals surface area contributed by atoms with Crippen LogP contribution >= 0.6 is 0 Å². The van der Waals surface area contributed by atoms with Crippen molar-refractivity contribution in [1.29, 1.82) is 0 Å². The highest BCUT2D eigenvalue weighted by Crippen LogP contribution is 2.13. The molecule has 1 heterocycles. The average Bonchev–Trinajstić information content (AvgIpc) is 3.75. The molecule has 3 rings (SSSR count). The van der Waals surface area contributed by atoms with E-state index < -0.39 is 128 Å². The number of aliphatic hydroxyl groups is 1. The maximum atomic E-state index is 14.2. The number of carboxylic acid groups (broad SMARTS) is 2. The Kier molecular flexibility index (Phi) is 19.6. The lowest BCUT2D eigenvalue weighted by Gasteiger charge is -2.27. The second kappa shape index (κ2) is 24.8. The Morgan fingerprint density at radius 1 is 0.619 bits per heavy atom. The van der Waals surface area contributed by atoms with E-state index in [1.165, 1.54) is 43.7 Å². The van der Waals surface area contributed by atoms with Gasteiger partial charge in [-0.3, -0.25) is 38.4 Å². The fourth-order valence-electron chi connectivity index (χ4n) is 5.90. The molecule has 23 nitrogen and oxygen atoms in total. The summed E-state index contributed by atoms with van der Waals surface area (Å²) in [6.07, 6.45) is 0.121. The topological polar surface area (TPSA) is 387 Å². The van der Waals surface area contributed by atoms with Crippen LogP contribution in [0.25, 0.3) is 0 Å². The number of phenolic OH excluding ortho intramolecular Hbond substituents is 1. The van der Waals surface area contributed by atoms with Gasteiger partial charge in [-0.05, 0) is 43.0 Å². The third-order valence-corrected chi connectivity index (χ3v) is 9.34. The summed E-state index contributed by atoms with van der Waals surface area (Å²) < 4.78 is 0. The summed E-state index contributed by atoms with van der Waals surface area (Å²) in [5, 5.41) is 53.1. The number of carbonyl (C=O) groups excluding carboxylic acids is 7. The monoisotopic (exact) mass is 880 g/mol. The maximum Gasteiger partial charge on any atom is 0.326 e. The van der Waals surface area contributed by atoms with E-state index in [4.69, 9.17) is 11.5 Å². The molecule has 7 amide bonds. The first kappa shape index (κ1) is 50.0. The van der Waals surface area contributed by atoms with E-state index in [9.17, 15) is 63.6 Å². The van der Waals surface area contributed by atoms with Gasteiger partial charge in [0.05, 0.1) is 19.0 Å². The number of phenols is 1. The summed E-state index contributed by atoms with van der Waals surface area (Å²) >= 11 is 0. The fourth-order valence-corrected chi connectivity index (χ4v) is 5.90. The number of benzene rings is 2. The van der Waals surface area contributed by atoms with Gasteiger partial charge in [0, 0.05) is 44.0 Å². The molecule has 0 aliphatic carbocycles. The van der Waals surface area contributed by atoms with Crippen LogP contribution in [-0.4, -0.2) is 133 Å². The zero-order valence-corrected chi connectivity index (χ0v) is 34.1. The van der Waals surface area contributed by atoms with Crippen molar-refractivity contribution in [3.8, 4) is 5.75 Å². The lowest BCUT2D eigenvalue weighted by molar-refractivity contribution is -0.143. The van der Waals surface area contributed by atoms with E-state index in [1.54, 1.807) is 30.3 Å². The standard InChI is InChI=1S/C40H52N10O13/c1-21(41)34(56)47-28(15-22-5-3-2-4-6-22)37(59)49-30(17-24-18-43-20-44-24)38(60)48-29(16-23-7-9-25(52)10-8-23)36(58)45-26(12-14-33(54)55)35(57)50-31(19-51)39(61)46-27(40(62)63)11-13-32(42)53/h2-10,18,20-21,26-31,51-52H,11-17,19,41H2,1H3,(H2,42,53)(H,43,44)(H,45,58)(H,46,61)(H,47,56)(H,48,60)(H,49,59)(H,50,57)(H,54,55)(H,62,63)/t21-,26-,27-,28-,29-,30-,31-/m0/s1. The van der Waals surface area contributed by atoms with E-state index in [2.05, 4.69) is 41.9 Å². The Hall–Kier alpha value is -7.40. The predicted molar refractivity (Wildman–Crippen MR) is 220 cm³/mol. The smallest absolute Gasteiger partial charge is 0.326 e. The second-order valence-electron chi connectivity index (χ2n) is 14.5. The molecule has 0 spiro atoms. The fraction of sp³-hybridized carbons (Fsp3) is 0.400. The van der Waals surface area contributed by atoms with Gasteiger partial charge < -0.3 is 68.8 Å². The number of amides is 7. The first-order chi connectivity index (χ1) is 29.9. The predicted octanol–water partition coefficient (Wildman–Crippen LogP) is -3.39. The highest BCUT2D eigenvalue weighted by Gasteiger charge is 2.34. The minimum absolute atomic E-state index is 0.00341. The van der Waals surface area contributed by atoms with Gasteiger partial charge in [0.2, 0.25) is 41.4 Å². The number of imidazole rings is 1. The third kappa shape index (κ3) is 17.2. The summed E-state index contributed by atoms with van der Waals surface area (Å²) in [5.74, 6) is -9.71. The Morgan fingerprint density at radius 2 is 1.08 bits per heavy atom. The van der Waals surface area contributed by atoms with E-state index in [0.717, 1.165) is 0 Å². The number of nitrogens with two attached hydrogens (primary N) is 2. The number of carboxylic acids is 2. The van der Waals surface area contributed by atoms with Gasteiger partial charge in [-0.2, -0.15) is 0 Å². The van der Waals surface area contributed by atoms with E-state index in [-0.39, 0.29) is 25.0 Å². The largest absolute Gasteiger partial charge is 0.508 e. The molecule has 0 aliphatic rings. The normalized spacial score (nSPS) is 14.2. The molecule has 63 heavy (non-hydrogen) atoms. The van der Waals surface area contributed by atoms with Crippen molar-refractivity contribution >= 4 is 53.3 Å². The Bertz CT molecular complexity index is 2050. The summed E-state index contributed by atoms with van der Waals surface area (Å²) in [4.78, 5) is 123. The van der Waals surface area contributed by atoms with Crippen LogP contribution in [-0.2, 0) is 62.4 Å². The first-order valence-electron chi connectivity index (χ1n) is 19.6.